The quantitative estimate of drug-likeness (QED) is 0.752. The number of carboxylic acid groups (broad SMARTS) is 1. The van der Waals surface area contributed by atoms with Crippen LogP contribution < -0.4 is 11.1 Å². The van der Waals surface area contributed by atoms with Crippen molar-refractivity contribution in [3.05, 3.63) is 59.2 Å². The molecule has 108 valence electrons. The highest BCUT2D eigenvalue weighted by molar-refractivity contribution is 6.01. The van der Waals surface area contributed by atoms with Crippen molar-refractivity contribution in [3.63, 3.8) is 0 Å². The number of hydrogen-bond acceptors (Lipinski definition) is 3. The Balaban J connectivity index is 2.15. The van der Waals surface area contributed by atoms with Gasteiger partial charge in [0.05, 0.1) is 17.7 Å². The zero-order valence-electron chi connectivity index (χ0n) is 11.6. The van der Waals surface area contributed by atoms with Crippen LogP contribution in [0.15, 0.2) is 42.5 Å². The molecule has 0 atom stereocenters. The van der Waals surface area contributed by atoms with Crippen molar-refractivity contribution in [2.45, 2.75) is 13.3 Å². The van der Waals surface area contributed by atoms with E-state index in [-0.39, 0.29) is 23.6 Å². The Kier molecular flexibility index (Phi) is 4.23. The Bertz CT molecular complexity index is 696. The van der Waals surface area contributed by atoms with Crippen molar-refractivity contribution in [2.75, 3.05) is 11.1 Å². The van der Waals surface area contributed by atoms with Crippen LogP contribution in [0.5, 0.6) is 0 Å². The third-order valence-corrected chi connectivity index (χ3v) is 3.00. The Labute approximate surface area is 122 Å². The molecule has 0 spiro atoms. The number of carbonyl (C=O) groups excluding carboxylic acids is 1. The molecule has 2 aromatic rings. The van der Waals surface area contributed by atoms with E-state index >= 15 is 0 Å². The van der Waals surface area contributed by atoms with Crippen LogP contribution >= 0.6 is 0 Å². The number of aryl methyl sites for hydroxylation is 1. The van der Waals surface area contributed by atoms with Gasteiger partial charge in [0.1, 0.15) is 0 Å². The van der Waals surface area contributed by atoms with Crippen LogP contribution in [0.25, 0.3) is 0 Å². The lowest BCUT2D eigenvalue weighted by atomic mass is 10.1. The molecule has 2 rings (SSSR count). The summed E-state index contributed by atoms with van der Waals surface area (Å²) in [7, 11) is 0. The maximum atomic E-state index is 12.0. The molecule has 0 unspecified atom stereocenters. The van der Waals surface area contributed by atoms with E-state index in [9.17, 15) is 9.59 Å². The first-order chi connectivity index (χ1) is 9.95. The Morgan fingerprint density at radius 2 is 1.95 bits per heavy atom. The molecular formula is C16H16N2O3. The van der Waals surface area contributed by atoms with Gasteiger partial charge in [0.25, 0.3) is 0 Å². The van der Waals surface area contributed by atoms with Gasteiger partial charge in [-0.25, -0.2) is 4.79 Å². The number of nitrogen functional groups attached to an aromatic ring is 1. The summed E-state index contributed by atoms with van der Waals surface area (Å²) in [5, 5.41) is 11.7. The van der Waals surface area contributed by atoms with Gasteiger partial charge >= 0.3 is 5.97 Å². The molecule has 0 bridgehead atoms. The van der Waals surface area contributed by atoms with Crippen molar-refractivity contribution in [1.29, 1.82) is 0 Å². The number of anilines is 2. The van der Waals surface area contributed by atoms with E-state index in [1.54, 1.807) is 6.07 Å². The van der Waals surface area contributed by atoms with Gasteiger partial charge < -0.3 is 16.2 Å². The molecule has 5 nitrogen and oxygen atoms in total. The molecule has 5 heteroatoms. The number of carbonyl (C=O) groups is 2. The zero-order chi connectivity index (χ0) is 15.4. The van der Waals surface area contributed by atoms with Crippen LogP contribution in [0, 0.1) is 6.92 Å². The fourth-order valence-corrected chi connectivity index (χ4v) is 2.05. The average molecular weight is 284 g/mol. The molecule has 0 aromatic heterocycles. The Morgan fingerprint density at radius 1 is 1.19 bits per heavy atom. The van der Waals surface area contributed by atoms with Gasteiger partial charge in [-0.2, -0.15) is 0 Å². The van der Waals surface area contributed by atoms with Gasteiger partial charge in [-0.1, -0.05) is 29.8 Å². The van der Waals surface area contributed by atoms with E-state index in [1.165, 1.54) is 12.1 Å². The molecule has 0 radical (unpaired) electrons. The maximum Gasteiger partial charge on any atom is 0.337 e. The molecule has 0 saturated heterocycles. The third kappa shape index (κ3) is 3.82. The minimum absolute atomic E-state index is 0.0207. The normalized spacial score (nSPS) is 10.1. The lowest BCUT2D eigenvalue weighted by Crippen LogP contribution is -2.17. The Hall–Kier alpha value is -2.82. The van der Waals surface area contributed by atoms with Crippen molar-refractivity contribution in [1.82, 2.24) is 0 Å². The second kappa shape index (κ2) is 6.09. The average Bonchev–Trinajstić information content (AvgIpc) is 2.40. The minimum atomic E-state index is -1.13. The second-order valence-corrected chi connectivity index (χ2v) is 4.82. The standard InChI is InChI=1S/C16H16N2O3/c1-10-3-2-4-11(7-10)8-15(19)18-14-6-5-12(17)9-13(14)16(20)21/h2-7,9H,8,17H2,1H3,(H,18,19)(H,20,21). The van der Waals surface area contributed by atoms with Gasteiger partial charge in [0.15, 0.2) is 0 Å². The predicted octanol–water partition coefficient (Wildman–Crippen LogP) is 2.46. The molecule has 0 aliphatic rings. The lowest BCUT2D eigenvalue weighted by Gasteiger charge is -2.09. The molecule has 21 heavy (non-hydrogen) atoms. The summed E-state index contributed by atoms with van der Waals surface area (Å²) >= 11 is 0. The first-order valence-electron chi connectivity index (χ1n) is 6.44. The van der Waals surface area contributed by atoms with Crippen LogP contribution in [0.2, 0.25) is 0 Å². The molecule has 4 N–H and O–H groups in total. The van der Waals surface area contributed by atoms with E-state index in [0.29, 0.717) is 5.69 Å². The van der Waals surface area contributed by atoms with E-state index in [0.717, 1.165) is 11.1 Å². The highest BCUT2D eigenvalue weighted by Gasteiger charge is 2.13. The van der Waals surface area contributed by atoms with Crippen LogP contribution in [0.1, 0.15) is 21.5 Å². The lowest BCUT2D eigenvalue weighted by molar-refractivity contribution is -0.115. The molecule has 0 saturated carbocycles. The van der Waals surface area contributed by atoms with E-state index in [4.69, 9.17) is 10.8 Å². The highest BCUT2D eigenvalue weighted by atomic mass is 16.4. The highest BCUT2D eigenvalue weighted by Crippen LogP contribution is 2.19. The molecule has 0 aliphatic heterocycles. The molecule has 0 heterocycles. The summed E-state index contributed by atoms with van der Waals surface area (Å²) in [5.74, 6) is -1.40. The summed E-state index contributed by atoms with van der Waals surface area (Å²) in [4.78, 5) is 23.2. The number of benzene rings is 2. The van der Waals surface area contributed by atoms with Crippen molar-refractivity contribution in [3.8, 4) is 0 Å². The van der Waals surface area contributed by atoms with Gasteiger partial charge in [-0.05, 0) is 30.7 Å². The number of aromatic carboxylic acids is 1. The second-order valence-electron chi connectivity index (χ2n) is 4.82. The van der Waals surface area contributed by atoms with Gasteiger partial charge in [0.2, 0.25) is 5.91 Å². The number of nitrogens with two attached hydrogens (primary N) is 1. The maximum absolute atomic E-state index is 12.0. The van der Waals surface area contributed by atoms with Crippen LogP contribution in [-0.4, -0.2) is 17.0 Å². The molecule has 2 aromatic carbocycles. The number of carboxylic acids is 1. The number of hydrogen-bond donors (Lipinski definition) is 3. The summed E-state index contributed by atoms with van der Waals surface area (Å²) in [5.41, 5.74) is 8.06. The SMILES string of the molecule is Cc1cccc(CC(=O)Nc2ccc(N)cc2C(=O)O)c1. The van der Waals surface area contributed by atoms with Crippen LogP contribution in [0.3, 0.4) is 0 Å². The minimum Gasteiger partial charge on any atom is -0.478 e. The summed E-state index contributed by atoms with van der Waals surface area (Å²) in [6, 6.07) is 12.0. The first kappa shape index (κ1) is 14.6. The van der Waals surface area contributed by atoms with Gasteiger partial charge in [-0.15, -0.1) is 0 Å². The van der Waals surface area contributed by atoms with Crippen LogP contribution in [-0.2, 0) is 11.2 Å². The van der Waals surface area contributed by atoms with Crippen molar-refractivity contribution >= 4 is 23.3 Å². The van der Waals surface area contributed by atoms with E-state index < -0.39 is 5.97 Å². The zero-order valence-corrected chi connectivity index (χ0v) is 11.6. The number of amides is 1. The first-order valence-corrected chi connectivity index (χ1v) is 6.44. The number of rotatable bonds is 4. The van der Waals surface area contributed by atoms with Crippen molar-refractivity contribution in [2.24, 2.45) is 0 Å². The summed E-state index contributed by atoms with van der Waals surface area (Å²) in [6.45, 7) is 1.95. The monoisotopic (exact) mass is 284 g/mol. The topological polar surface area (TPSA) is 92.4 Å². The fraction of sp³-hybridized carbons (Fsp3) is 0.125. The van der Waals surface area contributed by atoms with E-state index in [2.05, 4.69) is 5.32 Å². The van der Waals surface area contributed by atoms with Crippen LogP contribution in [0.4, 0.5) is 11.4 Å². The smallest absolute Gasteiger partial charge is 0.337 e. The van der Waals surface area contributed by atoms with Gasteiger partial charge in [-0.3, -0.25) is 4.79 Å². The molecule has 1 amide bonds. The van der Waals surface area contributed by atoms with Crippen molar-refractivity contribution < 1.29 is 14.7 Å². The summed E-state index contributed by atoms with van der Waals surface area (Å²) in [6.07, 6.45) is 0.186. The van der Waals surface area contributed by atoms with Gasteiger partial charge in [0, 0.05) is 5.69 Å². The molecule has 0 fully saturated rings. The van der Waals surface area contributed by atoms with E-state index in [1.807, 2.05) is 31.2 Å². The Morgan fingerprint density at radius 3 is 2.62 bits per heavy atom. The molecular weight excluding hydrogens is 268 g/mol. The number of nitrogens with one attached hydrogen (secondary N) is 1. The third-order valence-electron chi connectivity index (χ3n) is 3.00. The fourth-order valence-electron chi connectivity index (χ4n) is 2.05. The predicted molar refractivity (Wildman–Crippen MR) is 81.3 cm³/mol. The summed E-state index contributed by atoms with van der Waals surface area (Å²) < 4.78 is 0. The molecule has 0 aliphatic carbocycles. The largest absolute Gasteiger partial charge is 0.478 e.